The summed E-state index contributed by atoms with van der Waals surface area (Å²) in [4.78, 5) is 10.8. The topological polar surface area (TPSA) is 59.3 Å². The Balaban J connectivity index is 2.22. The van der Waals surface area contributed by atoms with Crippen molar-refractivity contribution >= 4 is 6.29 Å². The van der Waals surface area contributed by atoms with E-state index in [0.717, 1.165) is 11.8 Å². The van der Waals surface area contributed by atoms with Crippen LogP contribution in [0.5, 0.6) is 11.5 Å². The molecule has 0 N–H and O–H groups in total. The number of para-hydroxylation sites is 1. The normalized spacial score (nSPS) is 9.60. The van der Waals surface area contributed by atoms with E-state index in [9.17, 15) is 4.79 Å². The zero-order valence-corrected chi connectivity index (χ0v) is 11.0. The molecule has 0 unspecified atom stereocenters. The lowest BCUT2D eigenvalue weighted by molar-refractivity contribution is 0.112. The van der Waals surface area contributed by atoms with Gasteiger partial charge >= 0.3 is 0 Å². The van der Waals surface area contributed by atoms with E-state index in [1.54, 1.807) is 49.6 Å². The van der Waals surface area contributed by atoms with Gasteiger partial charge in [-0.2, -0.15) is 5.26 Å². The molecule has 0 heterocycles. The molecule has 0 aliphatic rings. The van der Waals surface area contributed by atoms with E-state index in [-0.39, 0.29) is 6.61 Å². The van der Waals surface area contributed by atoms with Crippen molar-refractivity contribution in [3.05, 3.63) is 59.2 Å². The van der Waals surface area contributed by atoms with Crippen LogP contribution in [0.4, 0.5) is 0 Å². The summed E-state index contributed by atoms with van der Waals surface area (Å²) in [5, 5.41) is 9.00. The molecule has 0 aliphatic heterocycles. The van der Waals surface area contributed by atoms with Gasteiger partial charge in [0.2, 0.25) is 0 Å². The average molecular weight is 267 g/mol. The molecule has 0 radical (unpaired) electrons. The van der Waals surface area contributed by atoms with Crippen LogP contribution in [0.25, 0.3) is 0 Å². The maximum absolute atomic E-state index is 10.8. The standard InChI is InChI=1S/C16H13NO3/c1-19-15-7-6-12(10-18)8-14(15)11-20-16-5-3-2-4-13(16)9-17/h2-8,10H,11H2,1H3. The van der Waals surface area contributed by atoms with E-state index in [0.29, 0.717) is 22.6 Å². The van der Waals surface area contributed by atoms with Gasteiger partial charge in [-0.25, -0.2) is 0 Å². The molecule has 2 aromatic rings. The summed E-state index contributed by atoms with van der Waals surface area (Å²) >= 11 is 0. The largest absolute Gasteiger partial charge is 0.496 e. The molecule has 2 aromatic carbocycles. The van der Waals surface area contributed by atoms with Gasteiger partial charge in [0.25, 0.3) is 0 Å². The molecule has 0 fully saturated rings. The summed E-state index contributed by atoms with van der Waals surface area (Å²) in [5.41, 5.74) is 1.78. The first-order valence-electron chi connectivity index (χ1n) is 6.02. The maximum Gasteiger partial charge on any atom is 0.150 e. The summed E-state index contributed by atoms with van der Waals surface area (Å²) in [6.45, 7) is 0.226. The molecule has 0 bridgehead atoms. The number of benzene rings is 2. The number of nitriles is 1. The fourth-order valence-electron chi connectivity index (χ4n) is 1.82. The lowest BCUT2D eigenvalue weighted by atomic mass is 10.1. The highest BCUT2D eigenvalue weighted by Crippen LogP contribution is 2.23. The first-order chi connectivity index (χ1) is 9.78. The molecule has 0 amide bonds. The predicted octanol–water partition coefficient (Wildman–Crippen LogP) is 2.96. The third-order valence-corrected chi connectivity index (χ3v) is 2.83. The average Bonchev–Trinajstić information content (AvgIpc) is 2.52. The van der Waals surface area contributed by atoms with Gasteiger partial charge in [-0.3, -0.25) is 4.79 Å². The molecule has 100 valence electrons. The van der Waals surface area contributed by atoms with E-state index in [1.165, 1.54) is 0 Å². The zero-order valence-electron chi connectivity index (χ0n) is 11.0. The van der Waals surface area contributed by atoms with Gasteiger partial charge in [-0.1, -0.05) is 12.1 Å². The Morgan fingerprint density at radius 2 is 2.00 bits per heavy atom. The summed E-state index contributed by atoms with van der Waals surface area (Å²) < 4.78 is 10.9. The minimum absolute atomic E-state index is 0.226. The van der Waals surface area contributed by atoms with Gasteiger partial charge in [-0.15, -0.1) is 0 Å². The SMILES string of the molecule is COc1ccc(C=O)cc1COc1ccccc1C#N. The summed E-state index contributed by atoms with van der Waals surface area (Å²) in [6.07, 6.45) is 0.770. The Labute approximate surface area is 117 Å². The van der Waals surface area contributed by atoms with Crippen molar-refractivity contribution in [3.63, 3.8) is 0 Å². The van der Waals surface area contributed by atoms with E-state index >= 15 is 0 Å². The first kappa shape index (κ1) is 13.6. The van der Waals surface area contributed by atoms with Gasteiger partial charge in [0.15, 0.2) is 0 Å². The number of hydrogen-bond acceptors (Lipinski definition) is 4. The lowest BCUT2D eigenvalue weighted by Crippen LogP contribution is -2.01. The summed E-state index contributed by atoms with van der Waals surface area (Å²) in [5.74, 6) is 1.15. The van der Waals surface area contributed by atoms with E-state index in [2.05, 4.69) is 6.07 Å². The summed E-state index contributed by atoms with van der Waals surface area (Å²) in [6, 6.07) is 14.2. The van der Waals surface area contributed by atoms with Crippen molar-refractivity contribution in [1.29, 1.82) is 5.26 Å². The number of carbonyl (C=O) groups excluding carboxylic acids is 1. The molecule has 2 rings (SSSR count). The molecule has 4 nitrogen and oxygen atoms in total. The second kappa shape index (κ2) is 6.39. The Morgan fingerprint density at radius 3 is 2.70 bits per heavy atom. The van der Waals surface area contributed by atoms with Gasteiger partial charge in [-0.05, 0) is 30.3 Å². The lowest BCUT2D eigenvalue weighted by Gasteiger charge is -2.11. The van der Waals surface area contributed by atoms with Crippen molar-refractivity contribution < 1.29 is 14.3 Å². The van der Waals surface area contributed by atoms with Crippen LogP contribution in [0.15, 0.2) is 42.5 Å². The highest BCUT2D eigenvalue weighted by Gasteiger charge is 2.07. The Kier molecular flexibility index (Phi) is 4.35. The molecular weight excluding hydrogens is 254 g/mol. The predicted molar refractivity (Wildman–Crippen MR) is 73.9 cm³/mol. The number of ether oxygens (including phenoxy) is 2. The Morgan fingerprint density at radius 1 is 1.20 bits per heavy atom. The number of nitrogens with zero attached hydrogens (tertiary/aromatic N) is 1. The molecule has 0 aromatic heterocycles. The Bertz CT molecular complexity index is 659. The van der Waals surface area contributed by atoms with Crippen LogP contribution >= 0.6 is 0 Å². The van der Waals surface area contributed by atoms with Gasteiger partial charge in [0, 0.05) is 11.1 Å². The molecule has 0 atom stereocenters. The smallest absolute Gasteiger partial charge is 0.150 e. The monoisotopic (exact) mass is 267 g/mol. The van der Waals surface area contributed by atoms with Gasteiger partial charge in [0.1, 0.15) is 30.5 Å². The number of carbonyl (C=O) groups is 1. The van der Waals surface area contributed by atoms with E-state index in [1.807, 2.05) is 0 Å². The van der Waals surface area contributed by atoms with Crippen molar-refractivity contribution in [2.24, 2.45) is 0 Å². The maximum atomic E-state index is 10.8. The molecular formula is C16H13NO3. The van der Waals surface area contributed by atoms with Crippen LogP contribution in [0.1, 0.15) is 21.5 Å². The quantitative estimate of drug-likeness (QED) is 0.781. The molecule has 0 aliphatic carbocycles. The molecule has 0 saturated carbocycles. The molecule has 4 heteroatoms. The molecule has 0 spiro atoms. The van der Waals surface area contributed by atoms with Crippen LogP contribution < -0.4 is 9.47 Å². The van der Waals surface area contributed by atoms with Gasteiger partial charge < -0.3 is 9.47 Å². The molecule has 0 saturated heterocycles. The van der Waals surface area contributed by atoms with Crippen LogP contribution in [0, 0.1) is 11.3 Å². The van der Waals surface area contributed by atoms with Crippen LogP contribution in [-0.4, -0.2) is 13.4 Å². The number of hydrogen-bond donors (Lipinski definition) is 0. The third-order valence-electron chi connectivity index (χ3n) is 2.83. The second-order valence-electron chi connectivity index (χ2n) is 4.09. The van der Waals surface area contributed by atoms with Crippen molar-refractivity contribution in [1.82, 2.24) is 0 Å². The highest BCUT2D eigenvalue weighted by molar-refractivity contribution is 5.75. The van der Waals surface area contributed by atoms with Gasteiger partial charge in [0.05, 0.1) is 12.7 Å². The number of rotatable bonds is 5. The third kappa shape index (κ3) is 2.96. The van der Waals surface area contributed by atoms with E-state index < -0.39 is 0 Å². The van der Waals surface area contributed by atoms with Crippen molar-refractivity contribution in [2.75, 3.05) is 7.11 Å². The van der Waals surface area contributed by atoms with Crippen LogP contribution in [-0.2, 0) is 6.61 Å². The summed E-state index contributed by atoms with van der Waals surface area (Å²) in [7, 11) is 1.56. The van der Waals surface area contributed by atoms with Crippen molar-refractivity contribution in [3.8, 4) is 17.6 Å². The Hall–Kier alpha value is -2.80. The number of methoxy groups -OCH3 is 1. The molecule has 20 heavy (non-hydrogen) atoms. The fraction of sp³-hybridized carbons (Fsp3) is 0.125. The van der Waals surface area contributed by atoms with Crippen LogP contribution in [0.3, 0.4) is 0 Å². The highest BCUT2D eigenvalue weighted by atomic mass is 16.5. The zero-order chi connectivity index (χ0) is 14.4. The minimum Gasteiger partial charge on any atom is -0.496 e. The van der Waals surface area contributed by atoms with Crippen molar-refractivity contribution in [2.45, 2.75) is 6.61 Å². The minimum atomic E-state index is 0.226. The number of aldehydes is 1. The first-order valence-corrected chi connectivity index (χ1v) is 6.02. The van der Waals surface area contributed by atoms with E-state index in [4.69, 9.17) is 14.7 Å². The van der Waals surface area contributed by atoms with Crippen LogP contribution in [0.2, 0.25) is 0 Å². The fourth-order valence-corrected chi connectivity index (χ4v) is 1.82. The second-order valence-corrected chi connectivity index (χ2v) is 4.09.